The Kier molecular flexibility index (Phi) is 4.13. The lowest BCUT2D eigenvalue weighted by molar-refractivity contribution is 0.0621. The summed E-state index contributed by atoms with van der Waals surface area (Å²) in [6.07, 6.45) is 0. The largest absolute Gasteiger partial charge is 0.448 e. The van der Waals surface area contributed by atoms with E-state index in [-0.39, 0.29) is 18.0 Å². The average Bonchev–Trinajstić information content (AvgIpc) is 2.83. The summed E-state index contributed by atoms with van der Waals surface area (Å²) in [5, 5.41) is 0.492. The third-order valence-electron chi connectivity index (χ3n) is 2.66. The van der Waals surface area contributed by atoms with Crippen molar-refractivity contribution in [3.05, 3.63) is 35.3 Å². The molecule has 0 fully saturated rings. The predicted molar refractivity (Wildman–Crippen MR) is 66.2 cm³/mol. The maximum atomic E-state index is 13.6. The molecule has 0 saturated heterocycles. The summed E-state index contributed by atoms with van der Waals surface area (Å²) in [7, 11) is 1.58. The fourth-order valence-corrected chi connectivity index (χ4v) is 1.72. The molecule has 19 heavy (non-hydrogen) atoms. The topological polar surface area (TPSA) is 74.7 Å². The maximum Gasteiger partial charge on any atom is 0.284 e. The van der Waals surface area contributed by atoms with Crippen molar-refractivity contribution >= 4 is 16.9 Å². The number of carbonyl (C=O) groups is 1. The van der Waals surface area contributed by atoms with Gasteiger partial charge in [-0.3, -0.25) is 4.79 Å². The lowest BCUT2D eigenvalue weighted by atomic mass is 10.1. The van der Waals surface area contributed by atoms with E-state index in [1.165, 1.54) is 12.1 Å². The third kappa shape index (κ3) is 2.91. The second kappa shape index (κ2) is 5.81. The molecular formula is C13H14FNO4. The van der Waals surface area contributed by atoms with Crippen molar-refractivity contribution in [2.24, 2.45) is 5.73 Å². The highest BCUT2D eigenvalue weighted by Crippen LogP contribution is 2.26. The van der Waals surface area contributed by atoms with Gasteiger partial charge in [-0.15, -0.1) is 0 Å². The van der Waals surface area contributed by atoms with E-state index in [0.29, 0.717) is 18.6 Å². The predicted octanol–water partition coefficient (Wildman–Crippen LogP) is 1.83. The van der Waals surface area contributed by atoms with Crippen molar-refractivity contribution in [2.75, 3.05) is 20.3 Å². The van der Waals surface area contributed by atoms with Gasteiger partial charge in [-0.25, -0.2) is 4.39 Å². The number of hydrogen-bond acceptors (Lipinski definition) is 4. The first kappa shape index (κ1) is 13.5. The molecule has 0 radical (unpaired) electrons. The lowest BCUT2D eigenvalue weighted by Gasteiger charge is -2.04. The molecule has 5 nitrogen and oxygen atoms in total. The van der Waals surface area contributed by atoms with E-state index in [1.807, 2.05) is 0 Å². The molecule has 0 spiro atoms. The van der Waals surface area contributed by atoms with E-state index in [0.717, 1.165) is 5.56 Å². The van der Waals surface area contributed by atoms with Gasteiger partial charge < -0.3 is 19.6 Å². The van der Waals surface area contributed by atoms with Crippen LogP contribution >= 0.6 is 0 Å². The quantitative estimate of drug-likeness (QED) is 0.810. The Labute approximate surface area is 109 Å². The Morgan fingerprint density at radius 2 is 2.21 bits per heavy atom. The Hall–Kier alpha value is -1.92. The van der Waals surface area contributed by atoms with Gasteiger partial charge in [-0.1, -0.05) is 6.07 Å². The van der Waals surface area contributed by atoms with Gasteiger partial charge in [-0.2, -0.15) is 0 Å². The Morgan fingerprint density at radius 1 is 1.42 bits per heavy atom. The average molecular weight is 267 g/mol. The number of benzene rings is 1. The van der Waals surface area contributed by atoms with Crippen LogP contribution in [0.5, 0.6) is 0 Å². The van der Waals surface area contributed by atoms with E-state index in [2.05, 4.69) is 0 Å². The number of furan rings is 1. The molecule has 0 atom stereocenters. The summed E-state index contributed by atoms with van der Waals surface area (Å²) < 4.78 is 28.9. The molecule has 1 amide bonds. The van der Waals surface area contributed by atoms with E-state index in [4.69, 9.17) is 19.6 Å². The zero-order valence-electron chi connectivity index (χ0n) is 10.4. The van der Waals surface area contributed by atoms with Gasteiger partial charge in [0.25, 0.3) is 5.91 Å². The molecule has 0 aliphatic heterocycles. The van der Waals surface area contributed by atoms with Crippen molar-refractivity contribution in [3.63, 3.8) is 0 Å². The van der Waals surface area contributed by atoms with Crippen LogP contribution in [-0.2, 0) is 16.1 Å². The summed E-state index contributed by atoms with van der Waals surface area (Å²) in [6.45, 7) is 1.18. The van der Waals surface area contributed by atoms with Gasteiger partial charge in [0.2, 0.25) is 0 Å². The smallest absolute Gasteiger partial charge is 0.284 e. The van der Waals surface area contributed by atoms with Gasteiger partial charge in [0.1, 0.15) is 0 Å². The number of rotatable bonds is 6. The highest BCUT2D eigenvalue weighted by molar-refractivity contribution is 5.96. The van der Waals surface area contributed by atoms with E-state index >= 15 is 0 Å². The zero-order chi connectivity index (χ0) is 13.8. The fraction of sp³-hybridized carbons (Fsp3) is 0.308. The number of ether oxygens (including phenoxy) is 2. The molecule has 0 bridgehead atoms. The molecule has 1 heterocycles. The van der Waals surface area contributed by atoms with Gasteiger partial charge in [-0.05, 0) is 17.7 Å². The standard InChI is InChI=1S/C13H14FNO4/c1-17-4-5-18-7-8-2-3-10(14)12-9(8)6-11(19-12)13(15)16/h2-3,6H,4-5,7H2,1H3,(H2,15,16). The molecule has 2 rings (SSSR count). The van der Waals surface area contributed by atoms with E-state index in [9.17, 15) is 9.18 Å². The molecule has 0 unspecified atom stereocenters. The number of primary amides is 1. The van der Waals surface area contributed by atoms with Crippen LogP contribution in [0.3, 0.4) is 0 Å². The number of carbonyl (C=O) groups excluding carboxylic acids is 1. The molecule has 102 valence electrons. The summed E-state index contributed by atoms with van der Waals surface area (Å²) in [5.41, 5.74) is 5.86. The highest BCUT2D eigenvalue weighted by atomic mass is 19.1. The van der Waals surface area contributed by atoms with Crippen LogP contribution < -0.4 is 5.73 Å². The summed E-state index contributed by atoms with van der Waals surface area (Å²) in [4.78, 5) is 11.1. The first-order valence-corrected chi connectivity index (χ1v) is 5.71. The summed E-state index contributed by atoms with van der Waals surface area (Å²) in [6, 6.07) is 4.28. The van der Waals surface area contributed by atoms with Crippen LogP contribution in [-0.4, -0.2) is 26.2 Å². The van der Waals surface area contributed by atoms with Crippen LogP contribution in [0, 0.1) is 5.82 Å². The monoisotopic (exact) mass is 267 g/mol. The lowest BCUT2D eigenvalue weighted by Crippen LogP contribution is -2.09. The van der Waals surface area contributed by atoms with Crippen LogP contribution in [0.15, 0.2) is 22.6 Å². The van der Waals surface area contributed by atoms with E-state index in [1.54, 1.807) is 13.2 Å². The molecule has 0 aliphatic carbocycles. The molecule has 2 aromatic rings. The molecule has 2 N–H and O–H groups in total. The molecule has 1 aromatic carbocycles. The van der Waals surface area contributed by atoms with Crippen molar-refractivity contribution in [2.45, 2.75) is 6.61 Å². The van der Waals surface area contributed by atoms with Crippen molar-refractivity contribution in [3.8, 4) is 0 Å². The van der Waals surface area contributed by atoms with Gasteiger partial charge in [0.05, 0.1) is 19.8 Å². The summed E-state index contributed by atoms with van der Waals surface area (Å²) in [5.74, 6) is -1.34. The molecule has 1 aromatic heterocycles. The second-order valence-corrected chi connectivity index (χ2v) is 3.97. The van der Waals surface area contributed by atoms with Crippen LogP contribution in [0.4, 0.5) is 4.39 Å². The number of amides is 1. The van der Waals surface area contributed by atoms with Crippen LogP contribution in [0.25, 0.3) is 11.0 Å². The second-order valence-electron chi connectivity index (χ2n) is 3.97. The first-order chi connectivity index (χ1) is 9.13. The number of halogens is 1. The minimum Gasteiger partial charge on any atom is -0.448 e. The normalized spacial score (nSPS) is 11.1. The minimum absolute atomic E-state index is 0.0154. The SMILES string of the molecule is COCCOCc1ccc(F)c2oc(C(N)=O)cc12. The number of methoxy groups -OCH3 is 1. The number of fused-ring (bicyclic) bond motifs is 1. The summed E-state index contributed by atoms with van der Waals surface area (Å²) >= 11 is 0. The molecular weight excluding hydrogens is 253 g/mol. The van der Waals surface area contributed by atoms with Crippen molar-refractivity contribution < 1.29 is 23.1 Å². The Bertz CT molecular complexity index is 594. The maximum absolute atomic E-state index is 13.6. The molecule has 0 aliphatic rings. The Balaban J connectivity index is 2.28. The van der Waals surface area contributed by atoms with Crippen molar-refractivity contribution in [1.29, 1.82) is 0 Å². The van der Waals surface area contributed by atoms with Gasteiger partial charge in [0.15, 0.2) is 17.2 Å². The van der Waals surface area contributed by atoms with Gasteiger partial charge >= 0.3 is 0 Å². The zero-order valence-corrected chi connectivity index (χ0v) is 10.4. The minimum atomic E-state index is -0.734. The fourth-order valence-electron chi connectivity index (χ4n) is 1.72. The third-order valence-corrected chi connectivity index (χ3v) is 2.66. The Morgan fingerprint density at radius 3 is 2.89 bits per heavy atom. The van der Waals surface area contributed by atoms with Crippen LogP contribution in [0.2, 0.25) is 0 Å². The van der Waals surface area contributed by atoms with Crippen LogP contribution in [0.1, 0.15) is 16.1 Å². The van der Waals surface area contributed by atoms with E-state index < -0.39 is 11.7 Å². The van der Waals surface area contributed by atoms with Crippen molar-refractivity contribution in [1.82, 2.24) is 0 Å². The molecule has 6 heteroatoms. The first-order valence-electron chi connectivity index (χ1n) is 5.71. The molecule has 0 saturated carbocycles. The highest BCUT2D eigenvalue weighted by Gasteiger charge is 2.15. The number of hydrogen-bond donors (Lipinski definition) is 1. The number of nitrogens with two attached hydrogens (primary N) is 1. The van der Waals surface area contributed by atoms with Gasteiger partial charge in [0, 0.05) is 12.5 Å².